The Morgan fingerprint density at radius 3 is 2.36 bits per heavy atom. The molecule has 1 aromatic carbocycles. The van der Waals surface area contributed by atoms with Crippen LogP contribution in [0.2, 0.25) is 0 Å². The third-order valence-corrected chi connectivity index (χ3v) is 1.63. The second-order valence-corrected chi connectivity index (χ2v) is 2.67. The van der Waals surface area contributed by atoms with E-state index in [4.69, 9.17) is 0 Å². The molecule has 0 amide bonds. The van der Waals surface area contributed by atoms with E-state index < -0.39 is 0 Å². The Bertz CT molecular complexity index is 261. The zero-order valence-electron chi connectivity index (χ0n) is 9.55. The molecule has 3 heteroatoms. The standard InChI is InChI=1S/C9H13NO2.C2H6/c1-7-4-5-8(2)9(6-7)10-12-11-3;1-2/h4-6,10H,1-3H3;1-2H3. The summed E-state index contributed by atoms with van der Waals surface area (Å²) in [6.45, 7) is 8.03. The molecule has 0 aliphatic rings. The number of benzene rings is 1. The molecule has 0 unspecified atom stereocenters. The van der Waals surface area contributed by atoms with Gasteiger partial charge in [0.1, 0.15) is 0 Å². The molecule has 0 radical (unpaired) electrons. The predicted octanol–water partition coefficient (Wildman–Crippen LogP) is 3.23. The summed E-state index contributed by atoms with van der Waals surface area (Å²) in [5.41, 5.74) is 5.91. The van der Waals surface area contributed by atoms with Crippen molar-refractivity contribution >= 4 is 5.69 Å². The maximum atomic E-state index is 4.61. The Labute approximate surface area is 85.9 Å². The highest BCUT2D eigenvalue weighted by Crippen LogP contribution is 2.15. The van der Waals surface area contributed by atoms with Crippen molar-refractivity contribution in [1.29, 1.82) is 0 Å². The number of nitrogens with one attached hydrogen (secondary N) is 1. The monoisotopic (exact) mass is 197 g/mol. The van der Waals surface area contributed by atoms with Crippen molar-refractivity contribution in [1.82, 2.24) is 0 Å². The van der Waals surface area contributed by atoms with Gasteiger partial charge in [0.15, 0.2) is 0 Å². The fourth-order valence-corrected chi connectivity index (χ4v) is 0.932. The van der Waals surface area contributed by atoms with Crippen LogP contribution in [0.3, 0.4) is 0 Å². The van der Waals surface area contributed by atoms with Gasteiger partial charge in [-0.2, -0.15) is 0 Å². The lowest BCUT2D eigenvalue weighted by Crippen LogP contribution is -2.01. The van der Waals surface area contributed by atoms with E-state index in [-0.39, 0.29) is 0 Å². The van der Waals surface area contributed by atoms with E-state index >= 15 is 0 Å². The van der Waals surface area contributed by atoms with Crippen molar-refractivity contribution in [3.05, 3.63) is 29.3 Å². The first kappa shape index (κ1) is 12.9. The molecule has 0 heterocycles. The largest absolute Gasteiger partial charge is 0.235 e. The minimum atomic E-state index is 0.928. The zero-order valence-corrected chi connectivity index (χ0v) is 9.55. The van der Waals surface area contributed by atoms with Crippen LogP contribution in [0.5, 0.6) is 0 Å². The highest BCUT2D eigenvalue weighted by molar-refractivity contribution is 5.50. The van der Waals surface area contributed by atoms with E-state index in [1.165, 1.54) is 12.7 Å². The molecular formula is C11H19NO2. The van der Waals surface area contributed by atoms with Gasteiger partial charge in [0.2, 0.25) is 0 Å². The van der Waals surface area contributed by atoms with Crippen molar-refractivity contribution in [3.8, 4) is 0 Å². The highest BCUT2D eigenvalue weighted by Gasteiger charge is 1.96. The molecule has 0 fully saturated rings. The zero-order chi connectivity index (χ0) is 11.0. The summed E-state index contributed by atoms with van der Waals surface area (Å²) in [5.74, 6) is 0. The predicted molar refractivity (Wildman–Crippen MR) is 59.0 cm³/mol. The van der Waals surface area contributed by atoms with Crippen LogP contribution in [0.4, 0.5) is 5.69 Å². The molecular weight excluding hydrogens is 178 g/mol. The van der Waals surface area contributed by atoms with Gasteiger partial charge in [0, 0.05) is 0 Å². The fourth-order valence-electron chi connectivity index (χ4n) is 0.932. The average Bonchev–Trinajstić information content (AvgIpc) is 2.22. The van der Waals surface area contributed by atoms with Crippen LogP contribution in [0.25, 0.3) is 0 Å². The summed E-state index contributed by atoms with van der Waals surface area (Å²) >= 11 is 0. The number of rotatable bonds is 3. The average molecular weight is 197 g/mol. The van der Waals surface area contributed by atoms with Crippen LogP contribution in [-0.4, -0.2) is 7.11 Å². The molecule has 14 heavy (non-hydrogen) atoms. The van der Waals surface area contributed by atoms with Crippen LogP contribution in [0, 0.1) is 13.8 Å². The molecule has 80 valence electrons. The van der Waals surface area contributed by atoms with Gasteiger partial charge in [-0.3, -0.25) is 0 Å². The van der Waals surface area contributed by atoms with Gasteiger partial charge in [-0.15, -0.1) is 4.99 Å². The third-order valence-electron chi connectivity index (χ3n) is 1.63. The van der Waals surface area contributed by atoms with Crippen LogP contribution < -0.4 is 5.48 Å². The Kier molecular flexibility index (Phi) is 6.80. The Morgan fingerprint density at radius 2 is 1.79 bits per heavy atom. The first-order valence-corrected chi connectivity index (χ1v) is 4.77. The van der Waals surface area contributed by atoms with Gasteiger partial charge in [-0.25, -0.2) is 10.4 Å². The summed E-state index contributed by atoms with van der Waals surface area (Å²) in [4.78, 5) is 9.03. The van der Waals surface area contributed by atoms with E-state index in [9.17, 15) is 0 Å². The molecule has 0 saturated carbocycles. The van der Waals surface area contributed by atoms with Crippen molar-refractivity contribution in [3.63, 3.8) is 0 Å². The van der Waals surface area contributed by atoms with Gasteiger partial charge in [0.25, 0.3) is 0 Å². The van der Waals surface area contributed by atoms with Gasteiger partial charge in [-0.05, 0) is 31.0 Å². The fraction of sp³-hybridized carbons (Fsp3) is 0.455. The van der Waals surface area contributed by atoms with Crippen molar-refractivity contribution in [2.45, 2.75) is 27.7 Å². The van der Waals surface area contributed by atoms with Gasteiger partial charge in [-0.1, -0.05) is 26.0 Å². The molecule has 1 rings (SSSR count). The summed E-state index contributed by atoms with van der Waals surface area (Å²) in [6, 6.07) is 6.07. The molecule has 0 bridgehead atoms. The lowest BCUT2D eigenvalue weighted by atomic mass is 10.1. The van der Waals surface area contributed by atoms with E-state index in [2.05, 4.69) is 15.4 Å². The molecule has 1 aromatic rings. The quantitative estimate of drug-likeness (QED) is 0.596. The molecule has 0 spiro atoms. The van der Waals surface area contributed by atoms with Gasteiger partial charge in [0.05, 0.1) is 12.8 Å². The van der Waals surface area contributed by atoms with Crippen LogP contribution in [-0.2, 0) is 9.88 Å². The SMILES string of the molecule is CC.COONc1cc(C)ccc1C. The molecule has 0 aliphatic heterocycles. The number of aryl methyl sites for hydroxylation is 2. The Morgan fingerprint density at radius 1 is 1.14 bits per heavy atom. The second kappa shape index (κ2) is 7.35. The molecule has 0 aromatic heterocycles. The lowest BCUT2D eigenvalue weighted by Gasteiger charge is -2.07. The minimum absolute atomic E-state index is 0.928. The molecule has 1 N–H and O–H groups in total. The summed E-state index contributed by atoms with van der Waals surface area (Å²) < 4.78 is 0. The van der Waals surface area contributed by atoms with Crippen LogP contribution in [0.15, 0.2) is 18.2 Å². The maximum Gasteiger partial charge on any atom is 0.0738 e. The first-order chi connectivity index (χ1) is 6.74. The van der Waals surface area contributed by atoms with Crippen molar-refractivity contribution in [2.75, 3.05) is 12.6 Å². The van der Waals surface area contributed by atoms with Gasteiger partial charge >= 0.3 is 0 Å². The van der Waals surface area contributed by atoms with E-state index in [1.807, 2.05) is 45.9 Å². The highest BCUT2D eigenvalue weighted by atomic mass is 17.3. The van der Waals surface area contributed by atoms with Crippen LogP contribution >= 0.6 is 0 Å². The Balaban J connectivity index is 0.000000791. The topological polar surface area (TPSA) is 30.5 Å². The third kappa shape index (κ3) is 4.25. The molecule has 0 aliphatic carbocycles. The second-order valence-electron chi connectivity index (χ2n) is 2.67. The first-order valence-electron chi connectivity index (χ1n) is 4.77. The maximum absolute atomic E-state index is 4.61. The number of hydrogen-bond donors (Lipinski definition) is 1. The number of hydrogen-bond acceptors (Lipinski definition) is 3. The smallest absolute Gasteiger partial charge is 0.0738 e. The summed E-state index contributed by atoms with van der Waals surface area (Å²) in [7, 11) is 1.46. The van der Waals surface area contributed by atoms with E-state index in [1.54, 1.807) is 0 Å². The normalized spacial score (nSPS) is 8.93. The minimum Gasteiger partial charge on any atom is -0.235 e. The van der Waals surface area contributed by atoms with E-state index in [0.717, 1.165) is 11.3 Å². The number of anilines is 1. The van der Waals surface area contributed by atoms with Gasteiger partial charge < -0.3 is 0 Å². The lowest BCUT2D eigenvalue weighted by molar-refractivity contribution is -0.248. The van der Waals surface area contributed by atoms with Crippen molar-refractivity contribution in [2.24, 2.45) is 0 Å². The summed E-state index contributed by atoms with van der Waals surface area (Å²) in [5, 5.41) is 0. The molecule has 0 saturated heterocycles. The van der Waals surface area contributed by atoms with E-state index in [0.29, 0.717) is 0 Å². The van der Waals surface area contributed by atoms with Crippen molar-refractivity contribution < 1.29 is 9.88 Å². The molecule has 0 atom stereocenters. The Hall–Kier alpha value is -1.06. The van der Waals surface area contributed by atoms with Crippen LogP contribution in [0.1, 0.15) is 25.0 Å². The molecule has 3 nitrogen and oxygen atoms in total. The summed E-state index contributed by atoms with van der Waals surface area (Å²) in [6.07, 6.45) is 0.